The molecule has 20 heavy (non-hydrogen) atoms. The molecule has 2 nitrogen and oxygen atoms in total. The molecule has 0 spiro atoms. The fraction of sp³-hybridized carbons (Fsp3) is 0.412. The van der Waals surface area contributed by atoms with E-state index in [-0.39, 0.29) is 12.2 Å². The first-order chi connectivity index (χ1) is 9.92. The van der Waals surface area contributed by atoms with Crippen LogP contribution in [-0.4, -0.2) is 12.7 Å². The van der Waals surface area contributed by atoms with E-state index in [1.807, 2.05) is 18.2 Å². The Morgan fingerprint density at radius 1 is 1.10 bits per heavy atom. The van der Waals surface area contributed by atoms with Crippen molar-refractivity contribution in [3.8, 4) is 0 Å². The van der Waals surface area contributed by atoms with E-state index < -0.39 is 0 Å². The molecule has 1 saturated heterocycles. The van der Waals surface area contributed by atoms with E-state index in [0.717, 1.165) is 12.8 Å². The summed E-state index contributed by atoms with van der Waals surface area (Å²) in [6.45, 7) is 1.36. The molecule has 1 fully saturated rings. The van der Waals surface area contributed by atoms with Crippen molar-refractivity contribution in [3.05, 3.63) is 58.3 Å². The molecule has 3 rings (SSSR count). The molecule has 1 aromatic heterocycles. The van der Waals surface area contributed by atoms with Gasteiger partial charge in [-0.3, -0.25) is 0 Å². The first kappa shape index (κ1) is 13.8. The molecule has 1 aliphatic heterocycles. The average molecular weight is 288 g/mol. The Labute approximate surface area is 124 Å². The Balaban J connectivity index is 1.46. The van der Waals surface area contributed by atoms with Crippen LogP contribution in [0.5, 0.6) is 0 Å². The lowest BCUT2D eigenvalue weighted by Crippen LogP contribution is -2.26. The number of hydrogen-bond acceptors (Lipinski definition) is 3. The van der Waals surface area contributed by atoms with Gasteiger partial charge in [0, 0.05) is 4.88 Å². The number of rotatable bonds is 5. The fourth-order valence-electron chi connectivity index (χ4n) is 2.59. The van der Waals surface area contributed by atoms with Crippen LogP contribution in [0.15, 0.2) is 47.8 Å². The lowest BCUT2D eigenvalue weighted by atomic mass is 10.0. The van der Waals surface area contributed by atoms with E-state index in [1.54, 1.807) is 11.3 Å². The second-order valence-corrected chi connectivity index (χ2v) is 6.17. The summed E-state index contributed by atoms with van der Waals surface area (Å²) < 4.78 is 12.0. The summed E-state index contributed by atoms with van der Waals surface area (Å²) in [6.07, 6.45) is 3.97. The van der Waals surface area contributed by atoms with Crippen LogP contribution in [0.4, 0.5) is 0 Å². The van der Waals surface area contributed by atoms with Gasteiger partial charge in [0.15, 0.2) is 0 Å². The highest BCUT2D eigenvalue weighted by Gasteiger charge is 2.24. The van der Waals surface area contributed by atoms with Crippen molar-refractivity contribution in [2.45, 2.75) is 38.1 Å². The Morgan fingerprint density at radius 3 is 2.80 bits per heavy atom. The molecule has 2 atom stereocenters. The lowest BCUT2D eigenvalue weighted by molar-refractivity contribution is -0.0893. The van der Waals surface area contributed by atoms with E-state index in [9.17, 15) is 0 Å². The van der Waals surface area contributed by atoms with Crippen LogP contribution in [-0.2, 0) is 16.1 Å². The molecule has 106 valence electrons. The quantitative estimate of drug-likeness (QED) is 0.802. The molecular weight excluding hydrogens is 268 g/mol. The summed E-state index contributed by atoms with van der Waals surface area (Å²) in [4.78, 5) is 1.35. The maximum atomic E-state index is 6.15. The van der Waals surface area contributed by atoms with Crippen LogP contribution in [0.1, 0.15) is 35.8 Å². The highest BCUT2D eigenvalue weighted by molar-refractivity contribution is 7.10. The minimum atomic E-state index is 0.236. The lowest BCUT2D eigenvalue weighted by Gasteiger charge is -2.29. The van der Waals surface area contributed by atoms with Gasteiger partial charge in [-0.25, -0.2) is 0 Å². The topological polar surface area (TPSA) is 18.5 Å². The summed E-state index contributed by atoms with van der Waals surface area (Å²) in [5.74, 6) is 0. The first-order valence-corrected chi connectivity index (χ1v) is 8.10. The summed E-state index contributed by atoms with van der Waals surface area (Å²) in [6, 6.07) is 14.6. The zero-order valence-corrected chi connectivity index (χ0v) is 12.4. The third-order valence-electron chi connectivity index (χ3n) is 3.62. The SMILES string of the molecule is c1ccc(COC[C@@H]2CCCC(c3cccs3)O2)cc1. The van der Waals surface area contributed by atoms with Gasteiger partial charge in [-0.05, 0) is 36.3 Å². The Morgan fingerprint density at radius 2 is 2.00 bits per heavy atom. The molecule has 1 aliphatic rings. The van der Waals surface area contributed by atoms with Gasteiger partial charge in [0.25, 0.3) is 0 Å². The molecule has 2 heterocycles. The molecule has 0 aliphatic carbocycles. The largest absolute Gasteiger partial charge is 0.374 e. The molecule has 0 N–H and O–H groups in total. The normalized spacial score (nSPS) is 22.8. The van der Waals surface area contributed by atoms with Gasteiger partial charge in [-0.15, -0.1) is 11.3 Å². The molecule has 3 heteroatoms. The molecule has 1 unspecified atom stereocenters. The zero-order chi connectivity index (χ0) is 13.6. The van der Waals surface area contributed by atoms with Crippen LogP contribution >= 0.6 is 11.3 Å². The maximum absolute atomic E-state index is 6.15. The van der Waals surface area contributed by atoms with E-state index in [0.29, 0.717) is 13.2 Å². The van der Waals surface area contributed by atoms with Crippen LogP contribution in [0.2, 0.25) is 0 Å². The Hall–Kier alpha value is -1.16. The highest BCUT2D eigenvalue weighted by atomic mass is 32.1. The van der Waals surface area contributed by atoms with Crippen LogP contribution in [0.3, 0.4) is 0 Å². The Bertz CT molecular complexity index is 495. The van der Waals surface area contributed by atoms with Crippen LogP contribution in [0.25, 0.3) is 0 Å². The smallest absolute Gasteiger partial charge is 0.0921 e. The fourth-order valence-corrected chi connectivity index (χ4v) is 3.38. The van der Waals surface area contributed by atoms with Gasteiger partial charge >= 0.3 is 0 Å². The maximum Gasteiger partial charge on any atom is 0.0921 e. The monoisotopic (exact) mass is 288 g/mol. The predicted octanol–water partition coefficient (Wildman–Crippen LogP) is 4.58. The number of thiophene rings is 1. The zero-order valence-electron chi connectivity index (χ0n) is 11.5. The van der Waals surface area contributed by atoms with E-state index in [4.69, 9.17) is 9.47 Å². The third-order valence-corrected chi connectivity index (χ3v) is 4.59. The van der Waals surface area contributed by atoms with Crippen LogP contribution in [0, 0.1) is 0 Å². The van der Waals surface area contributed by atoms with Crippen molar-refractivity contribution in [3.63, 3.8) is 0 Å². The predicted molar refractivity (Wildman–Crippen MR) is 81.9 cm³/mol. The minimum Gasteiger partial charge on any atom is -0.374 e. The molecular formula is C17H20O2S. The van der Waals surface area contributed by atoms with Gasteiger partial charge in [-0.1, -0.05) is 36.4 Å². The van der Waals surface area contributed by atoms with Gasteiger partial charge < -0.3 is 9.47 Å². The molecule has 2 aromatic rings. The van der Waals surface area contributed by atoms with E-state index >= 15 is 0 Å². The summed E-state index contributed by atoms with van der Waals surface area (Å²) in [5, 5.41) is 2.12. The second-order valence-electron chi connectivity index (χ2n) is 5.19. The van der Waals surface area contributed by atoms with Crippen molar-refractivity contribution >= 4 is 11.3 Å². The van der Waals surface area contributed by atoms with Crippen molar-refractivity contribution in [2.24, 2.45) is 0 Å². The third kappa shape index (κ3) is 3.69. The summed E-state index contributed by atoms with van der Waals surface area (Å²) in [5.41, 5.74) is 1.22. The second kappa shape index (κ2) is 7.02. The van der Waals surface area contributed by atoms with E-state index in [2.05, 4.69) is 29.6 Å². The van der Waals surface area contributed by atoms with Crippen molar-refractivity contribution in [2.75, 3.05) is 6.61 Å². The highest BCUT2D eigenvalue weighted by Crippen LogP contribution is 2.33. The standard InChI is InChI=1S/C17H20O2S/c1-2-6-14(7-3-1)12-18-13-15-8-4-9-16(19-15)17-10-5-11-20-17/h1-3,5-7,10-11,15-16H,4,8-9,12-13H2/t15-,16?/m0/s1. The average Bonchev–Trinajstić information content (AvgIpc) is 3.03. The van der Waals surface area contributed by atoms with E-state index in [1.165, 1.54) is 16.9 Å². The Kier molecular flexibility index (Phi) is 4.85. The molecule has 0 radical (unpaired) electrons. The first-order valence-electron chi connectivity index (χ1n) is 7.22. The summed E-state index contributed by atoms with van der Waals surface area (Å²) >= 11 is 1.79. The van der Waals surface area contributed by atoms with Crippen LogP contribution < -0.4 is 0 Å². The van der Waals surface area contributed by atoms with Gasteiger partial charge in [-0.2, -0.15) is 0 Å². The van der Waals surface area contributed by atoms with Crippen molar-refractivity contribution < 1.29 is 9.47 Å². The number of hydrogen-bond donors (Lipinski definition) is 0. The summed E-state index contributed by atoms with van der Waals surface area (Å²) in [7, 11) is 0. The molecule has 1 aromatic carbocycles. The number of benzene rings is 1. The van der Waals surface area contributed by atoms with Gasteiger partial charge in [0.2, 0.25) is 0 Å². The van der Waals surface area contributed by atoms with Gasteiger partial charge in [0.05, 0.1) is 25.4 Å². The molecule has 0 bridgehead atoms. The minimum absolute atomic E-state index is 0.236. The number of ether oxygens (including phenoxy) is 2. The molecule has 0 saturated carbocycles. The van der Waals surface area contributed by atoms with Crippen molar-refractivity contribution in [1.82, 2.24) is 0 Å². The van der Waals surface area contributed by atoms with Crippen molar-refractivity contribution in [1.29, 1.82) is 0 Å². The van der Waals surface area contributed by atoms with Gasteiger partial charge in [0.1, 0.15) is 0 Å². The molecule has 0 amide bonds.